The van der Waals surface area contributed by atoms with Gasteiger partial charge in [-0.25, -0.2) is 0 Å². The van der Waals surface area contributed by atoms with Gasteiger partial charge in [0.2, 0.25) is 6.10 Å². The maximum Gasteiger partial charge on any atom is 0.423 e. The zero-order valence-corrected chi connectivity index (χ0v) is 10.7. The average molecular weight is 352 g/mol. The van der Waals surface area contributed by atoms with Crippen molar-refractivity contribution in [3.8, 4) is 0 Å². The Bertz CT molecular complexity index is 410. The highest BCUT2D eigenvalue weighted by molar-refractivity contribution is 9.10. The smallest absolute Gasteiger partial charge is 0.399 e. The van der Waals surface area contributed by atoms with E-state index in [0.29, 0.717) is 4.47 Å². The zero-order chi connectivity index (χ0) is 14.8. The molecule has 9 heteroatoms. The van der Waals surface area contributed by atoms with E-state index in [2.05, 4.69) is 20.7 Å². The second-order valence-corrected chi connectivity index (χ2v) is 4.58. The van der Waals surface area contributed by atoms with Crippen molar-refractivity contribution in [2.45, 2.75) is 25.1 Å². The number of alkyl halides is 6. The van der Waals surface area contributed by atoms with E-state index in [1.165, 1.54) is 18.2 Å². The largest absolute Gasteiger partial charge is 0.423 e. The molecular weight excluding hydrogens is 344 g/mol. The molecule has 2 N–H and O–H groups in total. The summed E-state index contributed by atoms with van der Waals surface area (Å²) in [5.74, 6) is 0. The molecule has 0 radical (unpaired) electrons. The van der Waals surface area contributed by atoms with Gasteiger partial charge < -0.3 is 10.5 Å². The highest BCUT2D eigenvalue weighted by atomic mass is 79.9. The Morgan fingerprint density at radius 3 is 2.00 bits per heavy atom. The second-order valence-electron chi connectivity index (χ2n) is 3.67. The third-order valence-corrected chi connectivity index (χ3v) is 2.45. The normalized spacial score (nSPS) is 13.1. The van der Waals surface area contributed by atoms with Crippen molar-refractivity contribution in [2.75, 3.05) is 5.73 Å². The molecule has 2 nitrogen and oxygen atoms in total. The number of hydrogen-bond donors (Lipinski definition) is 1. The lowest BCUT2D eigenvalue weighted by atomic mass is 10.2. The summed E-state index contributed by atoms with van der Waals surface area (Å²) in [6, 6.07) is 4.00. The monoisotopic (exact) mass is 351 g/mol. The van der Waals surface area contributed by atoms with Crippen molar-refractivity contribution < 1.29 is 31.1 Å². The van der Waals surface area contributed by atoms with E-state index >= 15 is 0 Å². The molecule has 0 aliphatic rings. The summed E-state index contributed by atoms with van der Waals surface area (Å²) >= 11 is 3.02. The maximum atomic E-state index is 12.2. The highest BCUT2D eigenvalue weighted by Gasteiger charge is 2.57. The fourth-order valence-corrected chi connectivity index (χ4v) is 1.87. The predicted octanol–water partition coefficient (Wildman–Crippen LogP) is 4.04. The Labute approximate surface area is 112 Å². The fourth-order valence-electron chi connectivity index (χ4n) is 1.31. The molecule has 1 aromatic rings. The summed E-state index contributed by atoms with van der Waals surface area (Å²) in [6.45, 7) is -0.854. The molecule has 0 bridgehead atoms. The first-order chi connectivity index (χ1) is 8.50. The molecule has 108 valence electrons. The van der Waals surface area contributed by atoms with Crippen molar-refractivity contribution in [2.24, 2.45) is 0 Å². The van der Waals surface area contributed by atoms with Crippen molar-refractivity contribution >= 4 is 21.6 Å². The number of nitrogens with two attached hydrogens (primary N) is 1. The summed E-state index contributed by atoms with van der Waals surface area (Å²) in [5, 5.41) is 0. The van der Waals surface area contributed by atoms with Crippen LogP contribution in [0.1, 0.15) is 5.56 Å². The first kappa shape index (κ1) is 16.1. The van der Waals surface area contributed by atoms with Crippen LogP contribution in [0.5, 0.6) is 0 Å². The van der Waals surface area contributed by atoms with E-state index in [1.54, 1.807) is 0 Å². The van der Waals surface area contributed by atoms with Gasteiger partial charge in [-0.15, -0.1) is 0 Å². The van der Waals surface area contributed by atoms with E-state index in [1.807, 2.05) is 0 Å². The topological polar surface area (TPSA) is 35.2 Å². The molecule has 0 fully saturated rings. The van der Waals surface area contributed by atoms with Crippen LogP contribution in [0.25, 0.3) is 0 Å². The van der Waals surface area contributed by atoms with Crippen molar-refractivity contribution in [1.29, 1.82) is 0 Å². The predicted molar refractivity (Wildman–Crippen MR) is 59.2 cm³/mol. The summed E-state index contributed by atoms with van der Waals surface area (Å²) < 4.78 is 77.6. The lowest BCUT2D eigenvalue weighted by molar-refractivity contribution is -0.324. The molecule has 0 unspecified atom stereocenters. The lowest BCUT2D eigenvalue weighted by Gasteiger charge is -2.23. The summed E-state index contributed by atoms with van der Waals surface area (Å²) in [6.07, 6.45) is -14.9. The van der Waals surface area contributed by atoms with E-state index in [-0.39, 0.29) is 11.3 Å². The van der Waals surface area contributed by atoms with Crippen molar-refractivity contribution in [3.05, 3.63) is 28.2 Å². The van der Waals surface area contributed by atoms with Crippen LogP contribution in [-0.4, -0.2) is 18.5 Å². The zero-order valence-electron chi connectivity index (χ0n) is 9.15. The average Bonchev–Trinajstić information content (AvgIpc) is 2.11. The standard InChI is InChI=1S/C10H8BrF6NO/c11-6-1-5(2-7(18)3-6)4-19-8(9(12,13)14)10(15,16)17/h1-3,8H,4,18H2. The van der Waals surface area contributed by atoms with Gasteiger partial charge in [0.15, 0.2) is 0 Å². The van der Waals surface area contributed by atoms with E-state index in [9.17, 15) is 26.3 Å². The molecule has 0 heterocycles. The van der Waals surface area contributed by atoms with Crippen LogP contribution in [0.4, 0.5) is 32.0 Å². The minimum Gasteiger partial charge on any atom is -0.399 e. The third kappa shape index (κ3) is 4.90. The van der Waals surface area contributed by atoms with Gasteiger partial charge in [-0.1, -0.05) is 15.9 Å². The van der Waals surface area contributed by atoms with Gasteiger partial charge in [-0.05, 0) is 23.8 Å². The van der Waals surface area contributed by atoms with Gasteiger partial charge in [0.25, 0.3) is 0 Å². The number of nitrogen functional groups attached to an aromatic ring is 1. The van der Waals surface area contributed by atoms with Crippen molar-refractivity contribution in [1.82, 2.24) is 0 Å². The van der Waals surface area contributed by atoms with Gasteiger partial charge in [-0.3, -0.25) is 0 Å². The fraction of sp³-hybridized carbons (Fsp3) is 0.400. The van der Waals surface area contributed by atoms with Crippen LogP contribution in [-0.2, 0) is 11.3 Å². The highest BCUT2D eigenvalue weighted by Crippen LogP contribution is 2.36. The van der Waals surface area contributed by atoms with Crippen LogP contribution in [0.15, 0.2) is 22.7 Å². The lowest BCUT2D eigenvalue weighted by Crippen LogP contribution is -2.44. The molecule has 0 amide bonds. The molecule has 1 rings (SSSR count). The molecule has 0 aromatic heterocycles. The number of anilines is 1. The number of hydrogen-bond acceptors (Lipinski definition) is 2. The Kier molecular flexibility index (Phi) is 4.72. The Morgan fingerprint density at radius 1 is 1.05 bits per heavy atom. The number of ether oxygens (including phenoxy) is 1. The number of benzene rings is 1. The Balaban J connectivity index is 2.83. The van der Waals surface area contributed by atoms with Gasteiger partial charge in [-0.2, -0.15) is 26.3 Å². The molecule has 1 aromatic carbocycles. The van der Waals surface area contributed by atoms with Gasteiger partial charge in [0.05, 0.1) is 6.61 Å². The van der Waals surface area contributed by atoms with Crippen LogP contribution >= 0.6 is 15.9 Å². The number of halogens is 7. The van der Waals surface area contributed by atoms with Crippen LogP contribution < -0.4 is 5.73 Å². The van der Waals surface area contributed by atoms with Crippen LogP contribution in [0.3, 0.4) is 0 Å². The molecule has 0 aliphatic carbocycles. The summed E-state index contributed by atoms with van der Waals surface area (Å²) in [5.41, 5.74) is 5.71. The first-order valence-electron chi connectivity index (χ1n) is 4.80. The maximum absolute atomic E-state index is 12.2. The van der Waals surface area contributed by atoms with Gasteiger partial charge >= 0.3 is 12.4 Å². The minimum absolute atomic E-state index is 0.102. The molecule has 0 saturated carbocycles. The SMILES string of the molecule is Nc1cc(Br)cc(COC(C(F)(F)F)C(F)(F)F)c1. The molecule has 0 atom stereocenters. The van der Waals surface area contributed by atoms with Crippen molar-refractivity contribution in [3.63, 3.8) is 0 Å². The van der Waals surface area contributed by atoms with E-state index in [4.69, 9.17) is 5.73 Å². The third-order valence-electron chi connectivity index (χ3n) is 1.99. The first-order valence-corrected chi connectivity index (χ1v) is 5.59. The molecular formula is C10H8BrF6NO. The summed E-state index contributed by atoms with van der Waals surface area (Å²) in [7, 11) is 0. The Morgan fingerprint density at radius 2 is 1.58 bits per heavy atom. The summed E-state index contributed by atoms with van der Waals surface area (Å²) in [4.78, 5) is 0. The van der Waals surface area contributed by atoms with E-state index < -0.39 is 25.1 Å². The molecule has 0 aliphatic heterocycles. The number of rotatable bonds is 3. The quantitative estimate of drug-likeness (QED) is 0.658. The van der Waals surface area contributed by atoms with Gasteiger partial charge in [0.1, 0.15) is 0 Å². The Hall–Kier alpha value is -0.960. The van der Waals surface area contributed by atoms with Crippen LogP contribution in [0.2, 0.25) is 0 Å². The van der Waals surface area contributed by atoms with Crippen LogP contribution in [0, 0.1) is 0 Å². The second kappa shape index (κ2) is 5.58. The van der Waals surface area contributed by atoms with E-state index in [0.717, 1.165) is 0 Å². The molecule has 0 saturated heterocycles. The van der Waals surface area contributed by atoms with Gasteiger partial charge in [0, 0.05) is 10.2 Å². The molecule has 0 spiro atoms. The minimum atomic E-state index is -5.52. The molecule has 19 heavy (non-hydrogen) atoms.